The molecule has 0 saturated heterocycles. The van der Waals surface area contributed by atoms with Gasteiger partial charge in [-0.2, -0.15) is 0 Å². The van der Waals surface area contributed by atoms with Crippen molar-refractivity contribution < 1.29 is 4.79 Å². The number of H-pyrrole nitrogens is 1. The van der Waals surface area contributed by atoms with E-state index in [9.17, 15) is 19.2 Å². The van der Waals surface area contributed by atoms with Crippen LogP contribution < -0.4 is 27.4 Å². The van der Waals surface area contributed by atoms with Gasteiger partial charge < -0.3 is 10.6 Å². The van der Waals surface area contributed by atoms with Crippen molar-refractivity contribution in [1.82, 2.24) is 19.1 Å². The Morgan fingerprint density at radius 1 is 1.12 bits per heavy atom. The lowest BCUT2D eigenvalue weighted by molar-refractivity contribution is -0.119. The van der Waals surface area contributed by atoms with Crippen LogP contribution in [0.4, 0.5) is 11.5 Å². The summed E-state index contributed by atoms with van der Waals surface area (Å²) in [6, 6.07) is 6.87. The lowest BCUT2D eigenvalue weighted by Gasteiger charge is -2.24. The van der Waals surface area contributed by atoms with Crippen LogP contribution in [0.1, 0.15) is 39.5 Å². The molecule has 3 rings (SSSR count). The van der Waals surface area contributed by atoms with E-state index in [1.54, 1.807) is 24.3 Å². The Kier molecular flexibility index (Phi) is 7.24. The van der Waals surface area contributed by atoms with Gasteiger partial charge in [-0.15, -0.1) is 0 Å². The van der Waals surface area contributed by atoms with Gasteiger partial charge in [-0.3, -0.25) is 28.5 Å². The average Bonchev–Trinajstić information content (AvgIpc) is 2.77. The predicted molar refractivity (Wildman–Crippen MR) is 124 cm³/mol. The summed E-state index contributed by atoms with van der Waals surface area (Å²) in [5.41, 5.74) is 4.98. The Bertz CT molecular complexity index is 1290. The highest BCUT2D eigenvalue weighted by atomic mass is 16.2. The fraction of sp³-hybridized carbons (Fsp3) is 0.409. The van der Waals surface area contributed by atoms with Crippen molar-refractivity contribution in [1.29, 1.82) is 0 Å². The van der Waals surface area contributed by atoms with Gasteiger partial charge in [0.25, 0.3) is 11.1 Å². The van der Waals surface area contributed by atoms with Gasteiger partial charge in [0.1, 0.15) is 12.4 Å². The molecular weight excluding hydrogens is 412 g/mol. The maximum absolute atomic E-state index is 13.3. The number of hydrogen-bond donors (Lipinski definition) is 2. The van der Waals surface area contributed by atoms with E-state index in [0.717, 1.165) is 12.8 Å². The highest BCUT2D eigenvalue weighted by Gasteiger charge is 2.24. The molecule has 0 aliphatic rings. The van der Waals surface area contributed by atoms with E-state index in [1.807, 2.05) is 13.8 Å². The molecule has 0 atom stereocenters. The lowest BCUT2D eigenvalue weighted by atomic mass is 10.2. The van der Waals surface area contributed by atoms with Crippen LogP contribution >= 0.6 is 0 Å². The predicted octanol–water partition coefficient (Wildman–Crippen LogP) is 1.46. The molecular formula is C22H28N6O4. The number of unbranched alkanes of at least 4 members (excludes halogenated alkanes) is 2. The summed E-state index contributed by atoms with van der Waals surface area (Å²) in [5.74, 6) is -0.545. The first-order valence-corrected chi connectivity index (χ1v) is 10.8. The molecule has 0 fully saturated rings. The molecule has 32 heavy (non-hydrogen) atoms. The zero-order valence-electron chi connectivity index (χ0n) is 18.3. The lowest BCUT2D eigenvalue weighted by Crippen LogP contribution is -2.43. The molecule has 10 heteroatoms. The number of benzene rings is 1. The van der Waals surface area contributed by atoms with Crippen LogP contribution in [0.25, 0.3) is 10.9 Å². The number of carbonyl (C=O) groups is 1. The van der Waals surface area contributed by atoms with Gasteiger partial charge >= 0.3 is 5.69 Å². The van der Waals surface area contributed by atoms with Crippen molar-refractivity contribution in [2.45, 2.75) is 52.6 Å². The van der Waals surface area contributed by atoms with Crippen molar-refractivity contribution in [3.05, 3.63) is 61.8 Å². The number of rotatable bonds is 9. The van der Waals surface area contributed by atoms with Gasteiger partial charge in [0, 0.05) is 13.1 Å². The van der Waals surface area contributed by atoms with Gasteiger partial charge in [-0.1, -0.05) is 38.8 Å². The minimum Gasteiger partial charge on any atom is -0.383 e. The number of nitrogens with zero attached hydrogens (tertiary/aromatic N) is 4. The minimum atomic E-state index is -0.728. The molecule has 3 aromatic rings. The number of nitrogens with two attached hydrogens (primary N) is 1. The fourth-order valence-corrected chi connectivity index (χ4v) is 3.50. The van der Waals surface area contributed by atoms with Crippen molar-refractivity contribution in [3.8, 4) is 0 Å². The first-order valence-electron chi connectivity index (χ1n) is 10.8. The first-order chi connectivity index (χ1) is 15.4. The maximum atomic E-state index is 13.3. The maximum Gasteiger partial charge on any atom is 0.330 e. The second-order valence-electron chi connectivity index (χ2n) is 7.59. The van der Waals surface area contributed by atoms with Crippen molar-refractivity contribution >= 4 is 28.3 Å². The van der Waals surface area contributed by atoms with Crippen LogP contribution in [0.15, 0.2) is 45.0 Å². The van der Waals surface area contributed by atoms with Crippen LogP contribution in [0.2, 0.25) is 0 Å². The number of nitrogens with one attached hydrogen (secondary N) is 1. The third kappa shape index (κ3) is 4.63. The average molecular weight is 441 g/mol. The van der Waals surface area contributed by atoms with E-state index >= 15 is 0 Å². The zero-order chi connectivity index (χ0) is 23.3. The summed E-state index contributed by atoms with van der Waals surface area (Å²) in [6.07, 6.45) is 4.22. The van der Waals surface area contributed by atoms with Gasteiger partial charge in [-0.05, 0) is 25.0 Å². The van der Waals surface area contributed by atoms with Gasteiger partial charge in [0.2, 0.25) is 5.91 Å². The summed E-state index contributed by atoms with van der Waals surface area (Å²) in [6.45, 7) is 4.17. The molecule has 0 aliphatic carbocycles. The van der Waals surface area contributed by atoms with Gasteiger partial charge in [0.05, 0.1) is 17.2 Å². The first kappa shape index (κ1) is 23.0. The quantitative estimate of drug-likeness (QED) is 0.517. The standard InChI is InChI=1S/C22H28N6O4/c1-3-5-11-27(18-19(23)28(12-6-4-2)22(32)25-20(18)30)17(29)13-26-14-24-16-10-8-7-9-15(16)21(26)31/h7-10,14H,3-6,11-13,23H2,1-2H3,(H,25,30,32). The number of aromatic nitrogens is 4. The number of hydrogen-bond acceptors (Lipinski definition) is 6. The summed E-state index contributed by atoms with van der Waals surface area (Å²) in [4.78, 5) is 58.8. The SMILES string of the molecule is CCCCN(C(=O)Cn1cnc2ccccc2c1=O)c1c(N)n(CCCC)c(=O)[nH]c1=O. The number of aromatic amines is 1. The van der Waals surface area contributed by atoms with Crippen molar-refractivity contribution in [3.63, 3.8) is 0 Å². The molecule has 0 saturated carbocycles. The van der Waals surface area contributed by atoms with E-state index in [2.05, 4.69) is 9.97 Å². The van der Waals surface area contributed by atoms with Crippen LogP contribution in [0, 0.1) is 0 Å². The monoisotopic (exact) mass is 440 g/mol. The van der Waals surface area contributed by atoms with E-state index in [1.165, 1.54) is 20.4 Å². The van der Waals surface area contributed by atoms with E-state index in [0.29, 0.717) is 30.3 Å². The molecule has 1 aromatic carbocycles. The number of nitrogen functional groups attached to an aromatic ring is 1. The molecule has 2 aromatic heterocycles. The van der Waals surface area contributed by atoms with Crippen LogP contribution in [0.3, 0.4) is 0 Å². The summed E-state index contributed by atoms with van der Waals surface area (Å²) < 4.78 is 2.48. The molecule has 2 heterocycles. The summed E-state index contributed by atoms with van der Waals surface area (Å²) >= 11 is 0. The molecule has 0 bridgehead atoms. The van der Waals surface area contributed by atoms with Crippen LogP contribution in [-0.4, -0.2) is 31.6 Å². The van der Waals surface area contributed by atoms with E-state index in [-0.39, 0.29) is 30.2 Å². The van der Waals surface area contributed by atoms with E-state index in [4.69, 9.17) is 5.73 Å². The molecule has 0 aliphatic heterocycles. The van der Waals surface area contributed by atoms with E-state index < -0.39 is 17.2 Å². The normalized spacial score (nSPS) is 11.1. The second kappa shape index (κ2) is 10.1. The number of carbonyl (C=O) groups excluding carboxylic acids is 1. The number of amides is 1. The van der Waals surface area contributed by atoms with Crippen LogP contribution in [-0.2, 0) is 17.9 Å². The number of para-hydroxylation sites is 1. The second-order valence-corrected chi connectivity index (χ2v) is 7.59. The summed E-state index contributed by atoms with van der Waals surface area (Å²) in [7, 11) is 0. The highest BCUT2D eigenvalue weighted by molar-refractivity contribution is 5.95. The Morgan fingerprint density at radius 3 is 2.56 bits per heavy atom. The molecule has 0 spiro atoms. The third-order valence-corrected chi connectivity index (χ3v) is 5.29. The Morgan fingerprint density at radius 2 is 1.84 bits per heavy atom. The zero-order valence-corrected chi connectivity index (χ0v) is 18.3. The molecule has 10 nitrogen and oxygen atoms in total. The highest BCUT2D eigenvalue weighted by Crippen LogP contribution is 2.18. The Balaban J connectivity index is 2.03. The number of fused-ring (bicyclic) bond motifs is 1. The fourth-order valence-electron chi connectivity index (χ4n) is 3.50. The Labute approximate surface area is 184 Å². The molecule has 0 radical (unpaired) electrons. The Hall–Kier alpha value is -3.69. The van der Waals surface area contributed by atoms with Crippen LogP contribution in [0.5, 0.6) is 0 Å². The smallest absolute Gasteiger partial charge is 0.330 e. The van der Waals surface area contributed by atoms with Crippen molar-refractivity contribution in [2.24, 2.45) is 0 Å². The molecule has 170 valence electrons. The van der Waals surface area contributed by atoms with Gasteiger partial charge in [0.15, 0.2) is 5.69 Å². The third-order valence-electron chi connectivity index (χ3n) is 5.29. The molecule has 3 N–H and O–H groups in total. The molecule has 0 unspecified atom stereocenters. The number of anilines is 2. The topological polar surface area (TPSA) is 136 Å². The molecule has 1 amide bonds. The minimum absolute atomic E-state index is 0.0550. The largest absolute Gasteiger partial charge is 0.383 e. The van der Waals surface area contributed by atoms with Crippen molar-refractivity contribution in [2.75, 3.05) is 17.2 Å². The van der Waals surface area contributed by atoms with Gasteiger partial charge in [-0.25, -0.2) is 9.78 Å². The summed E-state index contributed by atoms with van der Waals surface area (Å²) in [5, 5.41) is 0.397.